The van der Waals surface area contributed by atoms with E-state index in [1.165, 1.54) is 13.3 Å². The number of carbonyl (C=O) groups excluding carboxylic acids is 1. The lowest BCUT2D eigenvalue weighted by Gasteiger charge is -2.36. The van der Waals surface area contributed by atoms with Crippen LogP contribution < -0.4 is 10.0 Å². The van der Waals surface area contributed by atoms with Crippen LogP contribution in [0.3, 0.4) is 0 Å². The Hall–Kier alpha value is -1.38. The summed E-state index contributed by atoms with van der Waals surface area (Å²) in [5.74, 6) is 0.187. The standard InChI is InChI=1S/C13H21N3O4S/c1-13(2,3)14-12(17)10-8-9(11-6-5-7-20-11)15-21(18,19)16(10)4/h5-7,9-10,15H,8H2,1-4H3,(H,14,17)/t9-,10+/m0/s1. The van der Waals surface area contributed by atoms with Gasteiger partial charge in [-0.3, -0.25) is 4.79 Å². The number of likely N-dealkylation sites (N-methyl/N-ethyl adjacent to an activating group) is 1. The Morgan fingerprint density at radius 3 is 2.67 bits per heavy atom. The van der Waals surface area contributed by atoms with E-state index in [1.54, 1.807) is 12.1 Å². The molecule has 1 aromatic heterocycles. The molecule has 0 saturated carbocycles. The molecule has 0 radical (unpaired) electrons. The number of nitrogens with zero attached hydrogens (tertiary/aromatic N) is 1. The molecule has 1 aromatic rings. The first-order valence-corrected chi connectivity index (χ1v) is 8.15. The summed E-state index contributed by atoms with van der Waals surface area (Å²) in [7, 11) is -2.33. The molecular weight excluding hydrogens is 294 g/mol. The van der Waals surface area contributed by atoms with E-state index < -0.39 is 27.8 Å². The Morgan fingerprint density at radius 2 is 2.14 bits per heavy atom. The van der Waals surface area contributed by atoms with Crippen molar-refractivity contribution in [2.24, 2.45) is 0 Å². The molecule has 1 fully saturated rings. The summed E-state index contributed by atoms with van der Waals surface area (Å²) in [5.41, 5.74) is -0.424. The summed E-state index contributed by atoms with van der Waals surface area (Å²) in [4.78, 5) is 12.4. The largest absolute Gasteiger partial charge is 0.468 e. The highest BCUT2D eigenvalue weighted by molar-refractivity contribution is 7.87. The molecule has 0 aromatic carbocycles. The maximum absolute atomic E-state index is 12.4. The first-order chi connectivity index (χ1) is 9.60. The highest BCUT2D eigenvalue weighted by Crippen LogP contribution is 2.28. The quantitative estimate of drug-likeness (QED) is 0.843. The minimum atomic E-state index is -3.72. The smallest absolute Gasteiger partial charge is 0.280 e. The maximum atomic E-state index is 12.4. The van der Waals surface area contributed by atoms with E-state index in [4.69, 9.17) is 4.42 Å². The fraction of sp³-hybridized carbons (Fsp3) is 0.615. The molecule has 0 unspecified atom stereocenters. The molecule has 0 spiro atoms. The van der Waals surface area contributed by atoms with Gasteiger partial charge in [-0.05, 0) is 39.3 Å². The minimum Gasteiger partial charge on any atom is -0.468 e. The van der Waals surface area contributed by atoms with Gasteiger partial charge in [0.25, 0.3) is 10.2 Å². The summed E-state index contributed by atoms with van der Waals surface area (Å²) in [6.45, 7) is 5.56. The van der Waals surface area contributed by atoms with Gasteiger partial charge in [0.15, 0.2) is 0 Å². The predicted octanol–water partition coefficient (Wildman–Crippen LogP) is 0.774. The van der Waals surface area contributed by atoms with E-state index in [-0.39, 0.29) is 5.91 Å². The zero-order valence-corrected chi connectivity index (χ0v) is 13.4. The minimum absolute atomic E-state index is 0.311. The van der Waals surface area contributed by atoms with Crippen LogP contribution in [-0.4, -0.2) is 37.3 Å². The molecule has 7 nitrogen and oxygen atoms in total. The van der Waals surface area contributed by atoms with Crippen LogP contribution in [0.5, 0.6) is 0 Å². The van der Waals surface area contributed by atoms with E-state index in [1.807, 2.05) is 20.8 Å². The van der Waals surface area contributed by atoms with Gasteiger partial charge < -0.3 is 9.73 Å². The van der Waals surface area contributed by atoms with Gasteiger partial charge >= 0.3 is 0 Å². The highest BCUT2D eigenvalue weighted by Gasteiger charge is 2.42. The third-order valence-corrected chi connectivity index (χ3v) is 4.85. The molecule has 2 rings (SSSR count). The molecule has 2 atom stereocenters. The molecule has 1 aliphatic heterocycles. The Labute approximate surface area is 124 Å². The third-order valence-electron chi connectivity index (χ3n) is 3.26. The summed E-state index contributed by atoms with van der Waals surface area (Å²) >= 11 is 0. The van der Waals surface area contributed by atoms with Crippen molar-refractivity contribution in [2.45, 2.75) is 44.8 Å². The zero-order valence-electron chi connectivity index (χ0n) is 12.6. The van der Waals surface area contributed by atoms with Crippen molar-refractivity contribution >= 4 is 16.1 Å². The SMILES string of the molecule is CN1[C@@H](C(=O)NC(C)(C)C)C[C@@H](c2ccco2)NS1(=O)=O. The number of carbonyl (C=O) groups is 1. The molecule has 8 heteroatoms. The van der Waals surface area contributed by atoms with Crippen LogP contribution >= 0.6 is 0 Å². The van der Waals surface area contributed by atoms with Crippen molar-refractivity contribution < 1.29 is 17.6 Å². The molecule has 1 amide bonds. The number of hydrogen-bond acceptors (Lipinski definition) is 4. The number of hydrogen-bond donors (Lipinski definition) is 2. The van der Waals surface area contributed by atoms with Gasteiger partial charge in [0, 0.05) is 12.6 Å². The monoisotopic (exact) mass is 315 g/mol. The molecule has 0 aliphatic carbocycles. The Bertz CT molecular complexity index is 604. The summed E-state index contributed by atoms with van der Waals surface area (Å²) in [6.07, 6.45) is 1.79. The Morgan fingerprint density at radius 1 is 1.48 bits per heavy atom. The average Bonchev–Trinajstić information content (AvgIpc) is 2.83. The van der Waals surface area contributed by atoms with E-state index in [0.29, 0.717) is 12.2 Å². The van der Waals surface area contributed by atoms with Gasteiger partial charge in [0.05, 0.1) is 12.3 Å². The van der Waals surface area contributed by atoms with Crippen molar-refractivity contribution in [3.8, 4) is 0 Å². The van der Waals surface area contributed by atoms with Crippen molar-refractivity contribution in [1.82, 2.24) is 14.3 Å². The molecule has 0 bridgehead atoms. The molecule has 1 saturated heterocycles. The van der Waals surface area contributed by atoms with Crippen LogP contribution in [0.15, 0.2) is 22.8 Å². The molecular formula is C13H21N3O4S. The molecule has 118 valence electrons. The lowest BCUT2D eigenvalue weighted by Crippen LogP contribution is -2.59. The van der Waals surface area contributed by atoms with Gasteiger partial charge in [0.1, 0.15) is 11.8 Å². The fourth-order valence-corrected chi connectivity index (χ4v) is 3.49. The number of nitrogens with one attached hydrogen (secondary N) is 2. The second kappa shape index (κ2) is 5.43. The lowest BCUT2D eigenvalue weighted by atomic mass is 10.0. The molecule has 2 heterocycles. The van der Waals surface area contributed by atoms with Gasteiger partial charge in [-0.15, -0.1) is 0 Å². The maximum Gasteiger partial charge on any atom is 0.280 e. The van der Waals surface area contributed by atoms with Crippen LogP contribution in [0.2, 0.25) is 0 Å². The second-order valence-electron chi connectivity index (χ2n) is 6.20. The topological polar surface area (TPSA) is 91.7 Å². The van der Waals surface area contributed by atoms with Gasteiger partial charge in [-0.2, -0.15) is 17.4 Å². The lowest BCUT2D eigenvalue weighted by molar-refractivity contribution is -0.126. The number of furan rings is 1. The van der Waals surface area contributed by atoms with E-state index in [2.05, 4.69) is 10.0 Å². The molecule has 1 aliphatic rings. The number of amides is 1. The third kappa shape index (κ3) is 3.63. The van der Waals surface area contributed by atoms with Crippen LogP contribution in [0.1, 0.15) is 39.0 Å². The predicted molar refractivity (Wildman–Crippen MR) is 77.6 cm³/mol. The summed E-state index contributed by atoms with van der Waals surface area (Å²) < 4.78 is 33.2. The van der Waals surface area contributed by atoms with E-state index in [9.17, 15) is 13.2 Å². The van der Waals surface area contributed by atoms with Crippen molar-refractivity contribution in [3.63, 3.8) is 0 Å². The van der Waals surface area contributed by atoms with Gasteiger partial charge in [-0.1, -0.05) is 0 Å². The first-order valence-electron chi connectivity index (χ1n) is 6.71. The van der Waals surface area contributed by atoms with E-state index in [0.717, 1.165) is 4.31 Å². The van der Waals surface area contributed by atoms with Gasteiger partial charge in [-0.25, -0.2) is 0 Å². The summed E-state index contributed by atoms with van der Waals surface area (Å²) in [6, 6.07) is 2.06. The Kier molecular flexibility index (Phi) is 4.14. The zero-order chi connectivity index (χ0) is 15.8. The molecule has 2 N–H and O–H groups in total. The van der Waals surface area contributed by atoms with Crippen LogP contribution in [-0.2, 0) is 15.0 Å². The van der Waals surface area contributed by atoms with Gasteiger partial charge in [0.2, 0.25) is 5.91 Å². The Balaban J connectivity index is 2.25. The fourth-order valence-electron chi connectivity index (χ4n) is 2.24. The van der Waals surface area contributed by atoms with Crippen molar-refractivity contribution in [2.75, 3.05) is 7.05 Å². The highest BCUT2D eigenvalue weighted by atomic mass is 32.2. The van der Waals surface area contributed by atoms with Crippen LogP contribution in [0.25, 0.3) is 0 Å². The average molecular weight is 315 g/mol. The van der Waals surface area contributed by atoms with E-state index >= 15 is 0 Å². The second-order valence-corrected chi connectivity index (χ2v) is 7.96. The van der Waals surface area contributed by atoms with Crippen molar-refractivity contribution in [3.05, 3.63) is 24.2 Å². The molecule has 21 heavy (non-hydrogen) atoms. The first kappa shape index (κ1) is 16.0. The van der Waals surface area contributed by atoms with Crippen molar-refractivity contribution in [1.29, 1.82) is 0 Å². The number of rotatable bonds is 2. The van der Waals surface area contributed by atoms with Crippen LogP contribution in [0, 0.1) is 0 Å². The normalized spacial score (nSPS) is 26.5. The summed E-state index contributed by atoms with van der Waals surface area (Å²) in [5, 5.41) is 2.82. The van der Waals surface area contributed by atoms with Crippen LogP contribution in [0.4, 0.5) is 0 Å².